The van der Waals surface area contributed by atoms with Crippen LogP contribution in [-0.4, -0.2) is 40.5 Å². The van der Waals surface area contributed by atoms with Gasteiger partial charge in [-0.2, -0.15) is 5.10 Å². The number of aliphatic hydroxyl groups is 1. The molecule has 0 spiro atoms. The number of H-pyrrole nitrogens is 1. The van der Waals surface area contributed by atoms with Gasteiger partial charge in [0.1, 0.15) is 11.6 Å². The summed E-state index contributed by atoms with van der Waals surface area (Å²) >= 11 is 0. The Morgan fingerprint density at radius 3 is 2.63 bits per heavy atom. The van der Waals surface area contributed by atoms with Crippen molar-refractivity contribution in [2.45, 2.75) is 31.2 Å². The molecule has 1 heterocycles. The summed E-state index contributed by atoms with van der Waals surface area (Å²) in [6, 6.07) is 9.60. The first-order valence-corrected chi connectivity index (χ1v) is 9.97. The second kappa shape index (κ2) is 8.28. The van der Waals surface area contributed by atoms with Gasteiger partial charge in [0, 0.05) is 0 Å². The molecule has 3 N–H and O–H groups in total. The maximum absolute atomic E-state index is 13.1. The number of nitrogens with zero attached hydrogens (tertiary/aromatic N) is 1. The second-order valence-corrected chi connectivity index (χ2v) is 7.66. The zero-order chi connectivity index (χ0) is 21.1. The maximum Gasteiger partial charge on any atom is 0.255 e. The zero-order valence-corrected chi connectivity index (χ0v) is 16.7. The molecule has 156 valence electrons. The van der Waals surface area contributed by atoms with Crippen LogP contribution in [0.5, 0.6) is 5.75 Å². The Bertz CT molecular complexity index is 1080. The van der Waals surface area contributed by atoms with Crippen LogP contribution < -0.4 is 10.1 Å². The fourth-order valence-electron chi connectivity index (χ4n) is 4.05. The van der Waals surface area contributed by atoms with Crippen LogP contribution in [0.1, 0.15) is 47.3 Å². The van der Waals surface area contributed by atoms with Gasteiger partial charge in [0.2, 0.25) is 0 Å². The highest BCUT2D eigenvalue weighted by Gasteiger charge is 2.35. The van der Waals surface area contributed by atoms with Crippen molar-refractivity contribution in [1.29, 1.82) is 0 Å². The minimum atomic E-state index is -0.571. The van der Waals surface area contributed by atoms with Crippen molar-refractivity contribution in [2.75, 3.05) is 13.7 Å². The molecular weight excluding hydrogens is 385 g/mol. The van der Waals surface area contributed by atoms with Crippen LogP contribution in [0.3, 0.4) is 0 Å². The number of aliphatic hydroxyl groups excluding tert-OH is 1. The number of carbonyl (C=O) groups is 1. The molecule has 1 amide bonds. The van der Waals surface area contributed by atoms with Crippen LogP contribution in [0.2, 0.25) is 0 Å². The van der Waals surface area contributed by atoms with Gasteiger partial charge in [-0.15, -0.1) is 0 Å². The topological polar surface area (TPSA) is 87.2 Å². The second-order valence-electron chi connectivity index (χ2n) is 7.66. The number of aromatic nitrogens is 2. The highest BCUT2D eigenvalue weighted by atomic mass is 19.1. The predicted octanol–water partition coefficient (Wildman–Crippen LogP) is 3.92. The SMILES string of the molecule is COc1c(C(=O)NC2(CO)CCCC2)ccc2n[nH]c(C=Cc3ccc(F)cc3)c12. The molecule has 0 saturated heterocycles. The normalized spacial score (nSPS) is 15.7. The quantitative estimate of drug-likeness (QED) is 0.576. The third-order valence-electron chi connectivity index (χ3n) is 5.71. The van der Waals surface area contributed by atoms with E-state index >= 15 is 0 Å². The summed E-state index contributed by atoms with van der Waals surface area (Å²) in [5, 5.41) is 20.8. The van der Waals surface area contributed by atoms with Gasteiger partial charge in [-0.1, -0.05) is 31.1 Å². The molecule has 0 atom stereocenters. The molecule has 1 saturated carbocycles. The standard InChI is InChI=1S/C23H24FN3O3/c1-30-21-17(22(29)25-23(14-28)12-2-3-13-23)9-11-19-20(21)18(26-27-19)10-6-15-4-7-16(24)8-5-15/h4-11,28H,2-3,12-14H2,1H3,(H,25,29)(H,26,27). The Hall–Kier alpha value is -3.19. The summed E-state index contributed by atoms with van der Waals surface area (Å²) in [6.07, 6.45) is 7.14. The number of carbonyl (C=O) groups excluding carboxylic acids is 1. The number of rotatable bonds is 6. The molecule has 4 rings (SSSR count). The Balaban J connectivity index is 1.69. The monoisotopic (exact) mass is 409 g/mol. The van der Waals surface area contributed by atoms with Gasteiger partial charge in [-0.05, 0) is 48.7 Å². The van der Waals surface area contributed by atoms with Crippen LogP contribution in [0.4, 0.5) is 4.39 Å². The molecule has 2 aromatic carbocycles. The smallest absolute Gasteiger partial charge is 0.255 e. The Morgan fingerprint density at radius 2 is 1.97 bits per heavy atom. The minimum Gasteiger partial charge on any atom is -0.495 e. The molecule has 7 heteroatoms. The number of benzene rings is 2. The van der Waals surface area contributed by atoms with E-state index in [9.17, 15) is 14.3 Å². The molecule has 0 radical (unpaired) electrons. The lowest BCUT2D eigenvalue weighted by atomic mass is 9.97. The van der Waals surface area contributed by atoms with E-state index in [2.05, 4.69) is 15.5 Å². The van der Waals surface area contributed by atoms with E-state index in [1.165, 1.54) is 19.2 Å². The van der Waals surface area contributed by atoms with Gasteiger partial charge in [-0.3, -0.25) is 9.89 Å². The van der Waals surface area contributed by atoms with E-state index in [-0.39, 0.29) is 18.3 Å². The summed E-state index contributed by atoms with van der Waals surface area (Å²) in [4.78, 5) is 13.0. The number of fused-ring (bicyclic) bond motifs is 1. The summed E-state index contributed by atoms with van der Waals surface area (Å²) in [7, 11) is 1.52. The molecule has 1 aliphatic carbocycles. The molecule has 0 aliphatic heterocycles. The van der Waals surface area contributed by atoms with Crippen LogP contribution >= 0.6 is 0 Å². The van der Waals surface area contributed by atoms with Gasteiger partial charge in [-0.25, -0.2) is 4.39 Å². The van der Waals surface area contributed by atoms with Crippen LogP contribution in [0.25, 0.3) is 23.1 Å². The molecular formula is C23H24FN3O3. The first kappa shape index (κ1) is 20.1. The first-order valence-electron chi connectivity index (χ1n) is 9.97. The van der Waals surface area contributed by atoms with E-state index in [0.29, 0.717) is 27.9 Å². The van der Waals surface area contributed by atoms with Gasteiger partial charge >= 0.3 is 0 Å². The number of ether oxygens (including phenoxy) is 1. The summed E-state index contributed by atoms with van der Waals surface area (Å²) in [6.45, 7) is -0.0827. The van der Waals surface area contributed by atoms with Crippen molar-refractivity contribution in [3.8, 4) is 5.75 Å². The van der Waals surface area contributed by atoms with Crippen molar-refractivity contribution in [1.82, 2.24) is 15.5 Å². The Labute approximate surface area is 173 Å². The summed E-state index contributed by atoms with van der Waals surface area (Å²) in [5.41, 5.74) is 2.00. The number of nitrogens with one attached hydrogen (secondary N) is 2. The van der Waals surface area contributed by atoms with Gasteiger partial charge in [0.05, 0.1) is 41.4 Å². The van der Waals surface area contributed by atoms with Gasteiger partial charge in [0.25, 0.3) is 5.91 Å². The lowest BCUT2D eigenvalue weighted by Gasteiger charge is -2.28. The fraction of sp³-hybridized carbons (Fsp3) is 0.304. The van der Waals surface area contributed by atoms with E-state index in [0.717, 1.165) is 31.2 Å². The average molecular weight is 409 g/mol. The molecule has 0 unspecified atom stereocenters. The van der Waals surface area contributed by atoms with Crippen molar-refractivity contribution in [3.05, 3.63) is 59.0 Å². The molecule has 1 aliphatic rings. The van der Waals surface area contributed by atoms with Gasteiger partial charge in [0.15, 0.2) is 0 Å². The van der Waals surface area contributed by atoms with Crippen molar-refractivity contribution < 1.29 is 19.0 Å². The largest absolute Gasteiger partial charge is 0.495 e. The van der Waals surface area contributed by atoms with E-state index in [1.54, 1.807) is 24.3 Å². The molecule has 6 nitrogen and oxygen atoms in total. The zero-order valence-electron chi connectivity index (χ0n) is 16.7. The number of hydrogen-bond acceptors (Lipinski definition) is 4. The van der Waals surface area contributed by atoms with Crippen molar-refractivity contribution >= 4 is 29.0 Å². The lowest BCUT2D eigenvalue weighted by molar-refractivity contribution is 0.0836. The van der Waals surface area contributed by atoms with Gasteiger partial charge < -0.3 is 15.2 Å². The highest BCUT2D eigenvalue weighted by Crippen LogP contribution is 2.34. The predicted molar refractivity (Wildman–Crippen MR) is 114 cm³/mol. The first-order chi connectivity index (χ1) is 14.5. The number of amides is 1. The van der Waals surface area contributed by atoms with Crippen LogP contribution in [0, 0.1) is 5.82 Å². The number of methoxy groups -OCH3 is 1. The molecule has 1 aromatic heterocycles. The molecule has 1 fully saturated rings. The van der Waals surface area contributed by atoms with E-state index in [4.69, 9.17) is 4.74 Å². The highest BCUT2D eigenvalue weighted by molar-refractivity contribution is 6.05. The minimum absolute atomic E-state index is 0.0827. The molecule has 0 bridgehead atoms. The van der Waals surface area contributed by atoms with E-state index < -0.39 is 5.54 Å². The average Bonchev–Trinajstić information content (AvgIpc) is 3.40. The number of aromatic amines is 1. The summed E-state index contributed by atoms with van der Waals surface area (Å²) < 4.78 is 18.7. The lowest BCUT2D eigenvalue weighted by Crippen LogP contribution is -2.49. The third-order valence-corrected chi connectivity index (χ3v) is 5.71. The number of halogens is 1. The van der Waals surface area contributed by atoms with Crippen molar-refractivity contribution in [2.24, 2.45) is 0 Å². The van der Waals surface area contributed by atoms with Crippen LogP contribution in [-0.2, 0) is 0 Å². The maximum atomic E-state index is 13.1. The molecule has 3 aromatic rings. The molecule has 30 heavy (non-hydrogen) atoms. The fourth-order valence-corrected chi connectivity index (χ4v) is 4.05. The Morgan fingerprint density at radius 1 is 1.23 bits per heavy atom. The van der Waals surface area contributed by atoms with E-state index in [1.807, 2.05) is 12.2 Å². The Kier molecular flexibility index (Phi) is 5.55. The third kappa shape index (κ3) is 3.80. The number of hydrogen-bond donors (Lipinski definition) is 3. The van der Waals surface area contributed by atoms with Crippen LogP contribution in [0.15, 0.2) is 36.4 Å². The van der Waals surface area contributed by atoms with Crippen molar-refractivity contribution in [3.63, 3.8) is 0 Å². The summed E-state index contributed by atoms with van der Waals surface area (Å²) in [5.74, 6) is -0.151.